The number of rotatable bonds is 3. The van der Waals surface area contributed by atoms with Crippen LogP contribution in [0.2, 0.25) is 5.02 Å². The summed E-state index contributed by atoms with van der Waals surface area (Å²) in [5, 5.41) is 3.36. The van der Waals surface area contributed by atoms with Crippen molar-refractivity contribution in [3.05, 3.63) is 52.4 Å². The maximum atomic E-state index is 12.6. The van der Waals surface area contributed by atoms with E-state index in [0.717, 1.165) is 5.56 Å². The molecule has 0 radical (unpaired) electrons. The Morgan fingerprint density at radius 1 is 1.20 bits per heavy atom. The quantitative estimate of drug-likeness (QED) is 0.928. The number of alkyl halides is 3. The zero-order valence-corrected chi connectivity index (χ0v) is 11.3. The van der Waals surface area contributed by atoms with Gasteiger partial charge in [-0.1, -0.05) is 29.8 Å². The minimum absolute atomic E-state index is 0.116. The standard InChI is InChI=1S/C13H11ClF3N3/c1-8-6-11(20-12(19-8)13(15,16)17)18-7-9-4-2-3-5-10(9)14/h2-6H,7H2,1H3,(H,18,19,20). The summed E-state index contributed by atoms with van der Waals surface area (Å²) in [4.78, 5) is 6.83. The van der Waals surface area contributed by atoms with Crippen LogP contribution in [0.4, 0.5) is 19.0 Å². The van der Waals surface area contributed by atoms with Gasteiger partial charge in [-0.25, -0.2) is 9.97 Å². The summed E-state index contributed by atoms with van der Waals surface area (Å²) >= 11 is 5.97. The number of nitrogens with zero attached hydrogens (tertiary/aromatic N) is 2. The van der Waals surface area contributed by atoms with Crippen LogP contribution >= 0.6 is 11.6 Å². The molecule has 1 aromatic carbocycles. The molecule has 2 aromatic rings. The van der Waals surface area contributed by atoms with Gasteiger partial charge in [0.25, 0.3) is 0 Å². The van der Waals surface area contributed by atoms with E-state index in [1.807, 2.05) is 0 Å². The molecule has 3 nitrogen and oxygen atoms in total. The van der Waals surface area contributed by atoms with Crippen LogP contribution in [-0.4, -0.2) is 9.97 Å². The average Bonchev–Trinajstić information content (AvgIpc) is 2.36. The maximum absolute atomic E-state index is 12.6. The van der Waals surface area contributed by atoms with Gasteiger partial charge in [-0.15, -0.1) is 0 Å². The molecule has 0 atom stereocenters. The van der Waals surface area contributed by atoms with Crippen LogP contribution in [-0.2, 0) is 12.7 Å². The number of aryl methyl sites for hydroxylation is 1. The van der Waals surface area contributed by atoms with Crippen LogP contribution in [0.1, 0.15) is 17.1 Å². The fraction of sp³-hybridized carbons (Fsp3) is 0.231. The topological polar surface area (TPSA) is 37.8 Å². The van der Waals surface area contributed by atoms with E-state index in [1.54, 1.807) is 24.3 Å². The molecular formula is C13H11ClF3N3. The molecule has 20 heavy (non-hydrogen) atoms. The Hall–Kier alpha value is -1.82. The Balaban J connectivity index is 2.18. The lowest BCUT2D eigenvalue weighted by Crippen LogP contribution is -2.14. The largest absolute Gasteiger partial charge is 0.451 e. The molecule has 0 bridgehead atoms. The third-order valence-corrected chi connectivity index (χ3v) is 2.89. The van der Waals surface area contributed by atoms with E-state index in [2.05, 4.69) is 15.3 Å². The Bertz CT molecular complexity index is 614. The van der Waals surface area contributed by atoms with E-state index >= 15 is 0 Å². The summed E-state index contributed by atoms with van der Waals surface area (Å²) in [7, 11) is 0. The van der Waals surface area contributed by atoms with Crippen LogP contribution in [0.3, 0.4) is 0 Å². The van der Waals surface area contributed by atoms with E-state index in [1.165, 1.54) is 13.0 Å². The maximum Gasteiger partial charge on any atom is 0.451 e. The fourth-order valence-electron chi connectivity index (χ4n) is 1.61. The highest BCUT2D eigenvalue weighted by molar-refractivity contribution is 6.31. The summed E-state index contributed by atoms with van der Waals surface area (Å²) in [5.74, 6) is -1.04. The number of halogens is 4. The predicted octanol–water partition coefficient (Wildman–Crippen LogP) is 4.07. The Kier molecular flexibility index (Phi) is 4.13. The smallest absolute Gasteiger partial charge is 0.366 e. The lowest BCUT2D eigenvalue weighted by Gasteiger charge is -2.11. The van der Waals surface area contributed by atoms with Gasteiger partial charge in [0.1, 0.15) is 5.82 Å². The predicted molar refractivity (Wildman–Crippen MR) is 70.5 cm³/mol. The van der Waals surface area contributed by atoms with Crippen LogP contribution in [0, 0.1) is 6.92 Å². The number of aromatic nitrogens is 2. The molecule has 0 saturated carbocycles. The van der Waals surface area contributed by atoms with Gasteiger partial charge in [0.2, 0.25) is 5.82 Å². The third kappa shape index (κ3) is 3.60. The van der Waals surface area contributed by atoms with E-state index in [4.69, 9.17) is 11.6 Å². The highest BCUT2D eigenvalue weighted by Gasteiger charge is 2.35. The molecule has 2 rings (SSSR count). The van der Waals surface area contributed by atoms with Gasteiger partial charge in [0.15, 0.2) is 0 Å². The van der Waals surface area contributed by atoms with Crippen molar-refractivity contribution in [1.29, 1.82) is 0 Å². The average molecular weight is 302 g/mol. The lowest BCUT2D eigenvalue weighted by atomic mass is 10.2. The highest BCUT2D eigenvalue weighted by Crippen LogP contribution is 2.27. The van der Waals surface area contributed by atoms with Crippen LogP contribution in [0.5, 0.6) is 0 Å². The molecule has 0 spiro atoms. The molecule has 0 saturated heterocycles. The van der Waals surface area contributed by atoms with Crippen LogP contribution < -0.4 is 5.32 Å². The highest BCUT2D eigenvalue weighted by atomic mass is 35.5. The zero-order chi connectivity index (χ0) is 14.8. The van der Waals surface area contributed by atoms with Gasteiger partial charge in [-0.2, -0.15) is 13.2 Å². The molecule has 1 aromatic heterocycles. The molecule has 0 unspecified atom stereocenters. The van der Waals surface area contributed by atoms with Gasteiger partial charge < -0.3 is 5.32 Å². The molecule has 0 aliphatic rings. The number of nitrogens with one attached hydrogen (secondary N) is 1. The Labute approximate surface area is 118 Å². The molecule has 0 fully saturated rings. The zero-order valence-electron chi connectivity index (χ0n) is 10.5. The van der Waals surface area contributed by atoms with Gasteiger partial charge in [-0.3, -0.25) is 0 Å². The number of hydrogen-bond donors (Lipinski definition) is 1. The van der Waals surface area contributed by atoms with Crippen molar-refractivity contribution in [2.45, 2.75) is 19.6 Å². The normalized spacial score (nSPS) is 11.4. The van der Waals surface area contributed by atoms with E-state index in [0.29, 0.717) is 5.02 Å². The Morgan fingerprint density at radius 3 is 2.55 bits per heavy atom. The molecule has 1 N–H and O–H groups in total. The number of hydrogen-bond acceptors (Lipinski definition) is 3. The fourth-order valence-corrected chi connectivity index (χ4v) is 1.82. The molecular weight excluding hydrogens is 291 g/mol. The number of anilines is 1. The summed E-state index contributed by atoms with van der Waals surface area (Å²) < 4.78 is 37.8. The van der Waals surface area contributed by atoms with Gasteiger partial charge in [-0.05, 0) is 18.6 Å². The number of benzene rings is 1. The SMILES string of the molecule is Cc1cc(NCc2ccccc2Cl)nc(C(F)(F)F)n1. The molecule has 0 aliphatic carbocycles. The molecule has 106 valence electrons. The first-order chi connectivity index (χ1) is 9.36. The van der Waals surface area contributed by atoms with Crippen LogP contribution in [0.15, 0.2) is 30.3 Å². The lowest BCUT2D eigenvalue weighted by molar-refractivity contribution is -0.145. The first kappa shape index (κ1) is 14.6. The van der Waals surface area contributed by atoms with Crippen molar-refractivity contribution in [2.75, 3.05) is 5.32 Å². The Morgan fingerprint density at radius 2 is 1.90 bits per heavy atom. The van der Waals surface area contributed by atoms with Crippen molar-refractivity contribution >= 4 is 17.4 Å². The molecule has 1 heterocycles. The summed E-state index contributed by atoms with van der Waals surface area (Å²) in [6, 6.07) is 8.53. The van der Waals surface area contributed by atoms with Crippen molar-refractivity contribution in [1.82, 2.24) is 9.97 Å². The van der Waals surface area contributed by atoms with E-state index in [-0.39, 0.29) is 18.1 Å². The van der Waals surface area contributed by atoms with Crippen LogP contribution in [0.25, 0.3) is 0 Å². The molecule has 0 amide bonds. The third-order valence-electron chi connectivity index (χ3n) is 2.53. The van der Waals surface area contributed by atoms with Gasteiger partial charge in [0, 0.05) is 23.3 Å². The second-order valence-electron chi connectivity index (χ2n) is 4.16. The van der Waals surface area contributed by atoms with E-state index < -0.39 is 12.0 Å². The van der Waals surface area contributed by atoms with E-state index in [9.17, 15) is 13.2 Å². The first-order valence-corrected chi connectivity index (χ1v) is 6.14. The van der Waals surface area contributed by atoms with Crippen molar-refractivity contribution in [3.63, 3.8) is 0 Å². The summed E-state index contributed by atoms with van der Waals surface area (Å²) in [6.07, 6.45) is -4.56. The minimum atomic E-state index is -4.56. The monoisotopic (exact) mass is 301 g/mol. The molecule has 7 heteroatoms. The summed E-state index contributed by atoms with van der Waals surface area (Å²) in [5.41, 5.74) is 1.02. The summed E-state index contributed by atoms with van der Waals surface area (Å²) in [6.45, 7) is 1.77. The minimum Gasteiger partial charge on any atom is -0.366 e. The molecule has 0 aliphatic heterocycles. The second-order valence-corrected chi connectivity index (χ2v) is 4.57. The first-order valence-electron chi connectivity index (χ1n) is 5.76. The van der Waals surface area contributed by atoms with Crippen molar-refractivity contribution < 1.29 is 13.2 Å². The van der Waals surface area contributed by atoms with Crippen molar-refractivity contribution in [3.8, 4) is 0 Å². The second kappa shape index (κ2) is 5.66. The van der Waals surface area contributed by atoms with Gasteiger partial charge >= 0.3 is 6.18 Å². The van der Waals surface area contributed by atoms with Crippen molar-refractivity contribution in [2.24, 2.45) is 0 Å². The van der Waals surface area contributed by atoms with Gasteiger partial charge in [0.05, 0.1) is 0 Å².